The van der Waals surface area contributed by atoms with E-state index < -0.39 is 9.84 Å². The molecule has 0 aliphatic heterocycles. The van der Waals surface area contributed by atoms with Crippen LogP contribution in [0.5, 0.6) is 5.75 Å². The summed E-state index contributed by atoms with van der Waals surface area (Å²) in [4.78, 5) is 14.1. The van der Waals surface area contributed by atoms with Gasteiger partial charge in [-0.2, -0.15) is 0 Å². The quantitative estimate of drug-likeness (QED) is 0.807. The highest BCUT2D eigenvalue weighted by Gasteiger charge is 2.20. The number of nitrogens with zero attached hydrogens (tertiary/aromatic N) is 1. The first-order chi connectivity index (χ1) is 9.62. The summed E-state index contributed by atoms with van der Waals surface area (Å²) in [6.45, 7) is 7.77. The van der Waals surface area contributed by atoms with Crippen molar-refractivity contribution in [3.8, 4) is 5.75 Å². The number of ether oxygens (including phenoxy) is 1. The first-order valence-corrected chi connectivity index (χ1v) is 8.76. The fourth-order valence-corrected chi connectivity index (χ4v) is 2.81. The fourth-order valence-electron chi connectivity index (χ4n) is 2.17. The Balaban J connectivity index is 2.69. The zero-order chi connectivity index (χ0) is 16.2. The van der Waals surface area contributed by atoms with Crippen LogP contribution in [0.1, 0.15) is 27.7 Å². The van der Waals surface area contributed by atoms with Crippen molar-refractivity contribution in [2.24, 2.45) is 0 Å². The summed E-state index contributed by atoms with van der Waals surface area (Å²) < 4.78 is 28.1. The van der Waals surface area contributed by atoms with Crippen LogP contribution in [0.3, 0.4) is 0 Å². The van der Waals surface area contributed by atoms with E-state index in [4.69, 9.17) is 4.74 Å². The minimum Gasteiger partial charge on any atom is -0.484 e. The highest BCUT2D eigenvalue weighted by Crippen LogP contribution is 2.16. The van der Waals surface area contributed by atoms with Gasteiger partial charge in [-0.25, -0.2) is 8.42 Å². The Labute approximate surface area is 126 Å². The lowest BCUT2D eigenvalue weighted by molar-refractivity contribution is -0.136. The molecule has 0 N–H and O–H groups in total. The lowest BCUT2D eigenvalue weighted by Gasteiger charge is -2.30. The Morgan fingerprint density at radius 3 is 1.95 bits per heavy atom. The standard InChI is InChI=1S/C15H23NO4S/c1-11(2)16(12(3)4)15(17)10-20-13-6-8-14(9-7-13)21(5,18)19/h6-9,11-12H,10H2,1-5H3. The van der Waals surface area contributed by atoms with Gasteiger partial charge in [0.1, 0.15) is 5.75 Å². The molecular weight excluding hydrogens is 290 g/mol. The van der Waals surface area contributed by atoms with Crippen molar-refractivity contribution >= 4 is 15.7 Å². The van der Waals surface area contributed by atoms with E-state index in [-0.39, 0.29) is 29.5 Å². The Bertz CT molecular complexity index is 568. The summed E-state index contributed by atoms with van der Waals surface area (Å²) in [6, 6.07) is 6.26. The zero-order valence-corrected chi connectivity index (χ0v) is 14.0. The van der Waals surface area contributed by atoms with Crippen molar-refractivity contribution in [1.29, 1.82) is 0 Å². The van der Waals surface area contributed by atoms with Crippen molar-refractivity contribution in [3.05, 3.63) is 24.3 Å². The van der Waals surface area contributed by atoms with Gasteiger partial charge in [0, 0.05) is 18.3 Å². The Morgan fingerprint density at radius 2 is 1.57 bits per heavy atom. The van der Waals surface area contributed by atoms with Gasteiger partial charge in [0.25, 0.3) is 5.91 Å². The summed E-state index contributed by atoms with van der Waals surface area (Å²) in [5.74, 6) is 0.385. The number of benzene rings is 1. The van der Waals surface area contributed by atoms with Gasteiger partial charge in [-0.1, -0.05) is 0 Å². The van der Waals surface area contributed by atoms with E-state index >= 15 is 0 Å². The van der Waals surface area contributed by atoms with Gasteiger partial charge in [0.2, 0.25) is 0 Å². The molecule has 1 amide bonds. The summed E-state index contributed by atoms with van der Waals surface area (Å²) in [7, 11) is -3.22. The van der Waals surface area contributed by atoms with Gasteiger partial charge in [0.15, 0.2) is 16.4 Å². The van der Waals surface area contributed by atoms with Crippen molar-refractivity contribution in [3.63, 3.8) is 0 Å². The van der Waals surface area contributed by atoms with Crippen LogP contribution in [0.25, 0.3) is 0 Å². The summed E-state index contributed by atoms with van der Waals surface area (Å²) in [5.41, 5.74) is 0. The van der Waals surface area contributed by atoms with Crippen molar-refractivity contribution in [2.75, 3.05) is 12.9 Å². The van der Waals surface area contributed by atoms with Crippen molar-refractivity contribution in [2.45, 2.75) is 44.7 Å². The van der Waals surface area contributed by atoms with E-state index in [9.17, 15) is 13.2 Å². The first kappa shape index (κ1) is 17.5. The van der Waals surface area contributed by atoms with Gasteiger partial charge < -0.3 is 9.64 Å². The minimum atomic E-state index is -3.22. The molecule has 1 aromatic carbocycles. The van der Waals surface area contributed by atoms with E-state index in [0.29, 0.717) is 5.75 Å². The van der Waals surface area contributed by atoms with Gasteiger partial charge in [-0.15, -0.1) is 0 Å². The van der Waals surface area contributed by atoms with Crippen LogP contribution >= 0.6 is 0 Å². The third-order valence-corrected chi connectivity index (χ3v) is 4.14. The van der Waals surface area contributed by atoms with E-state index in [0.717, 1.165) is 6.26 Å². The minimum absolute atomic E-state index is 0.0609. The predicted molar refractivity (Wildman–Crippen MR) is 82.2 cm³/mol. The molecule has 0 bridgehead atoms. The monoisotopic (exact) mass is 313 g/mol. The van der Waals surface area contributed by atoms with Crippen LogP contribution in [0.2, 0.25) is 0 Å². The molecule has 0 radical (unpaired) electrons. The molecule has 0 aromatic heterocycles. The molecular formula is C15H23NO4S. The molecule has 6 heteroatoms. The third-order valence-electron chi connectivity index (χ3n) is 3.01. The van der Waals surface area contributed by atoms with Gasteiger partial charge in [-0.3, -0.25) is 4.79 Å². The molecule has 0 fully saturated rings. The van der Waals surface area contributed by atoms with E-state index in [2.05, 4.69) is 0 Å². The van der Waals surface area contributed by atoms with Crippen molar-refractivity contribution < 1.29 is 17.9 Å². The topological polar surface area (TPSA) is 63.7 Å². The van der Waals surface area contributed by atoms with Crippen LogP contribution in [-0.4, -0.2) is 44.2 Å². The van der Waals surface area contributed by atoms with Crippen LogP contribution < -0.4 is 4.74 Å². The third kappa shape index (κ3) is 5.04. The van der Waals surface area contributed by atoms with E-state index in [1.807, 2.05) is 27.7 Å². The highest BCUT2D eigenvalue weighted by molar-refractivity contribution is 7.90. The molecule has 0 atom stereocenters. The molecule has 118 valence electrons. The largest absolute Gasteiger partial charge is 0.484 e. The van der Waals surface area contributed by atoms with Crippen LogP contribution in [-0.2, 0) is 14.6 Å². The van der Waals surface area contributed by atoms with Gasteiger partial charge in [-0.05, 0) is 52.0 Å². The maximum Gasteiger partial charge on any atom is 0.260 e. The van der Waals surface area contributed by atoms with Gasteiger partial charge >= 0.3 is 0 Å². The average Bonchev–Trinajstić information content (AvgIpc) is 2.35. The van der Waals surface area contributed by atoms with E-state index in [1.54, 1.807) is 17.0 Å². The maximum atomic E-state index is 12.1. The lowest BCUT2D eigenvalue weighted by atomic mass is 10.2. The molecule has 21 heavy (non-hydrogen) atoms. The maximum absolute atomic E-state index is 12.1. The lowest BCUT2D eigenvalue weighted by Crippen LogP contribution is -2.44. The molecule has 1 rings (SSSR count). The molecule has 1 aromatic rings. The summed E-state index contributed by atoms with van der Waals surface area (Å²) in [5, 5.41) is 0. The number of amides is 1. The number of carbonyl (C=O) groups is 1. The molecule has 0 saturated carbocycles. The first-order valence-electron chi connectivity index (χ1n) is 6.87. The number of rotatable bonds is 6. The average molecular weight is 313 g/mol. The summed E-state index contributed by atoms with van der Waals surface area (Å²) >= 11 is 0. The second-order valence-corrected chi connectivity index (χ2v) is 7.54. The second-order valence-electron chi connectivity index (χ2n) is 5.52. The Hall–Kier alpha value is -1.56. The molecule has 0 aliphatic carbocycles. The second kappa shape index (κ2) is 6.93. The molecule has 0 spiro atoms. The molecule has 0 aliphatic rings. The molecule has 0 saturated heterocycles. The SMILES string of the molecule is CC(C)N(C(=O)COc1ccc(S(C)(=O)=O)cc1)C(C)C. The predicted octanol–water partition coefficient (Wildman–Crippen LogP) is 2.11. The molecule has 5 nitrogen and oxygen atoms in total. The molecule has 0 unspecified atom stereocenters. The highest BCUT2D eigenvalue weighted by atomic mass is 32.2. The van der Waals surface area contributed by atoms with Crippen LogP contribution in [0.4, 0.5) is 0 Å². The number of hydrogen-bond donors (Lipinski definition) is 0. The van der Waals surface area contributed by atoms with Crippen molar-refractivity contribution in [1.82, 2.24) is 4.90 Å². The number of carbonyl (C=O) groups excluding carboxylic acids is 1. The molecule has 0 heterocycles. The van der Waals surface area contributed by atoms with Crippen LogP contribution in [0.15, 0.2) is 29.2 Å². The smallest absolute Gasteiger partial charge is 0.260 e. The Kier molecular flexibility index (Phi) is 5.78. The van der Waals surface area contributed by atoms with Gasteiger partial charge in [0.05, 0.1) is 4.90 Å². The Morgan fingerprint density at radius 1 is 1.10 bits per heavy atom. The zero-order valence-electron chi connectivity index (χ0n) is 13.2. The normalized spacial score (nSPS) is 11.8. The summed E-state index contributed by atoms with van der Waals surface area (Å²) in [6.07, 6.45) is 1.15. The van der Waals surface area contributed by atoms with E-state index in [1.165, 1.54) is 12.1 Å². The van der Waals surface area contributed by atoms with Crippen LogP contribution in [0, 0.1) is 0 Å². The number of hydrogen-bond acceptors (Lipinski definition) is 4. The fraction of sp³-hybridized carbons (Fsp3) is 0.533. The number of sulfone groups is 1.